The van der Waals surface area contributed by atoms with E-state index in [1.807, 2.05) is 0 Å². The largest absolute Gasteiger partial charge is 0.378 e. The standard InChI is InChI=1S/C25H44O2/c1-5-15-26-19-11-13-24(3)18(17-19)7-8-20-21-9-10-23(27-16-6-2)25(21,4)14-12-22(20)24/h18-23H,5-17H2,1-4H3/t18-,19-,20-,21-,22+,23-,24-,25-/m0/s1. The van der Waals surface area contributed by atoms with Gasteiger partial charge in [-0.2, -0.15) is 0 Å². The van der Waals surface area contributed by atoms with Crippen LogP contribution in [0.4, 0.5) is 0 Å². The Morgan fingerprint density at radius 2 is 1.44 bits per heavy atom. The summed E-state index contributed by atoms with van der Waals surface area (Å²) in [7, 11) is 0. The van der Waals surface area contributed by atoms with E-state index in [9.17, 15) is 0 Å². The van der Waals surface area contributed by atoms with Crippen LogP contribution in [0.25, 0.3) is 0 Å². The topological polar surface area (TPSA) is 18.5 Å². The number of hydrogen-bond donors (Lipinski definition) is 0. The summed E-state index contributed by atoms with van der Waals surface area (Å²) in [4.78, 5) is 0. The van der Waals surface area contributed by atoms with Crippen LogP contribution in [0.1, 0.15) is 98.3 Å². The Morgan fingerprint density at radius 3 is 2.22 bits per heavy atom. The molecule has 0 spiro atoms. The van der Waals surface area contributed by atoms with Crippen molar-refractivity contribution in [2.24, 2.45) is 34.5 Å². The van der Waals surface area contributed by atoms with Gasteiger partial charge in [0.2, 0.25) is 0 Å². The highest BCUT2D eigenvalue weighted by Crippen LogP contribution is 2.66. The van der Waals surface area contributed by atoms with Crippen LogP contribution in [0.3, 0.4) is 0 Å². The first-order valence-corrected chi connectivity index (χ1v) is 12.3. The lowest BCUT2D eigenvalue weighted by Crippen LogP contribution is -2.54. The molecule has 4 fully saturated rings. The minimum absolute atomic E-state index is 0.459. The van der Waals surface area contributed by atoms with Gasteiger partial charge < -0.3 is 9.47 Å². The van der Waals surface area contributed by atoms with E-state index in [0.29, 0.717) is 23.0 Å². The molecule has 2 nitrogen and oxygen atoms in total. The second kappa shape index (κ2) is 7.98. The number of rotatable bonds is 6. The van der Waals surface area contributed by atoms with Crippen molar-refractivity contribution in [3.63, 3.8) is 0 Å². The molecule has 0 radical (unpaired) electrons. The van der Waals surface area contributed by atoms with Crippen molar-refractivity contribution in [2.45, 2.75) is 111 Å². The Bertz CT molecular complexity index is 505. The predicted molar refractivity (Wildman–Crippen MR) is 112 cm³/mol. The second-order valence-electron chi connectivity index (χ2n) is 10.9. The van der Waals surface area contributed by atoms with Gasteiger partial charge in [0.15, 0.2) is 0 Å². The molecule has 0 aromatic carbocycles. The first-order chi connectivity index (χ1) is 13.0. The van der Waals surface area contributed by atoms with Crippen molar-refractivity contribution in [1.29, 1.82) is 0 Å². The third-order valence-corrected chi connectivity index (χ3v) is 9.61. The van der Waals surface area contributed by atoms with E-state index < -0.39 is 0 Å². The first kappa shape index (κ1) is 20.2. The molecule has 4 rings (SSSR count). The van der Waals surface area contributed by atoms with Crippen LogP contribution >= 0.6 is 0 Å². The smallest absolute Gasteiger partial charge is 0.0631 e. The van der Waals surface area contributed by atoms with Gasteiger partial charge in [0.05, 0.1) is 12.2 Å². The number of fused-ring (bicyclic) bond motifs is 5. The van der Waals surface area contributed by atoms with Crippen molar-refractivity contribution in [1.82, 2.24) is 0 Å². The van der Waals surface area contributed by atoms with Gasteiger partial charge >= 0.3 is 0 Å². The summed E-state index contributed by atoms with van der Waals surface area (Å²) < 4.78 is 12.6. The lowest BCUT2D eigenvalue weighted by molar-refractivity contribution is -0.146. The molecule has 156 valence electrons. The van der Waals surface area contributed by atoms with Crippen LogP contribution < -0.4 is 0 Å². The summed E-state index contributed by atoms with van der Waals surface area (Å²) in [5.74, 6) is 3.76. The predicted octanol–water partition coefficient (Wildman–Crippen LogP) is 6.62. The van der Waals surface area contributed by atoms with E-state index >= 15 is 0 Å². The van der Waals surface area contributed by atoms with Gasteiger partial charge in [0.25, 0.3) is 0 Å². The zero-order valence-corrected chi connectivity index (χ0v) is 18.5. The average molecular weight is 377 g/mol. The Hall–Kier alpha value is -0.0800. The zero-order chi connectivity index (χ0) is 19.1. The third-order valence-electron chi connectivity index (χ3n) is 9.61. The maximum Gasteiger partial charge on any atom is 0.0631 e. The molecule has 4 aliphatic rings. The van der Waals surface area contributed by atoms with Crippen molar-refractivity contribution in [3.8, 4) is 0 Å². The molecule has 0 unspecified atom stereocenters. The molecule has 0 aromatic heterocycles. The maximum atomic E-state index is 6.37. The van der Waals surface area contributed by atoms with E-state index in [1.54, 1.807) is 0 Å². The highest BCUT2D eigenvalue weighted by atomic mass is 16.5. The van der Waals surface area contributed by atoms with Gasteiger partial charge in [-0.15, -0.1) is 0 Å². The molecule has 0 bridgehead atoms. The SMILES string of the molecule is CCCO[C@H]1CC[C@@]2(C)[C@@H](CC[C@@H]3[C@H]2CC[C@]2(C)[C@@H](OCCC)CC[C@@H]32)C1. The van der Waals surface area contributed by atoms with Gasteiger partial charge in [-0.25, -0.2) is 0 Å². The Balaban J connectivity index is 1.46. The van der Waals surface area contributed by atoms with Crippen LogP contribution in [-0.2, 0) is 9.47 Å². The maximum absolute atomic E-state index is 6.37. The van der Waals surface area contributed by atoms with Gasteiger partial charge in [0.1, 0.15) is 0 Å². The molecule has 2 heteroatoms. The van der Waals surface area contributed by atoms with Gasteiger partial charge in [-0.3, -0.25) is 0 Å². The summed E-state index contributed by atoms with van der Waals surface area (Å²) in [6.45, 7) is 11.7. The fraction of sp³-hybridized carbons (Fsp3) is 1.00. The Morgan fingerprint density at radius 1 is 0.741 bits per heavy atom. The quantitative estimate of drug-likeness (QED) is 0.518. The Labute approximate surface area is 168 Å². The minimum atomic E-state index is 0.459. The number of hydrogen-bond acceptors (Lipinski definition) is 2. The molecule has 27 heavy (non-hydrogen) atoms. The molecule has 0 N–H and O–H groups in total. The van der Waals surface area contributed by atoms with E-state index in [1.165, 1.54) is 57.8 Å². The number of ether oxygens (including phenoxy) is 2. The molecule has 0 aromatic rings. The van der Waals surface area contributed by atoms with Crippen LogP contribution in [0, 0.1) is 34.5 Å². The molecular formula is C25H44O2. The molecule has 4 aliphatic carbocycles. The van der Waals surface area contributed by atoms with E-state index in [2.05, 4.69) is 27.7 Å². The van der Waals surface area contributed by atoms with E-state index in [-0.39, 0.29) is 0 Å². The second-order valence-corrected chi connectivity index (χ2v) is 10.9. The summed E-state index contributed by atoms with van der Waals surface area (Å²) in [6.07, 6.45) is 16.0. The van der Waals surface area contributed by atoms with Crippen molar-refractivity contribution in [3.05, 3.63) is 0 Å². The normalized spacial score (nSPS) is 49.3. The van der Waals surface area contributed by atoms with Crippen molar-refractivity contribution in [2.75, 3.05) is 13.2 Å². The van der Waals surface area contributed by atoms with Gasteiger partial charge in [0, 0.05) is 13.2 Å². The summed E-state index contributed by atoms with van der Waals surface area (Å²) in [5, 5.41) is 0. The van der Waals surface area contributed by atoms with Gasteiger partial charge in [-0.05, 0) is 105 Å². The monoisotopic (exact) mass is 376 g/mol. The zero-order valence-electron chi connectivity index (χ0n) is 18.5. The lowest BCUT2D eigenvalue weighted by atomic mass is 9.45. The molecular weight excluding hydrogens is 332 g/mol. The highest BCUT2D eigenvalue weighted by Gasteiger charge is 2.60. The van der Waals surface area contributed by atoms with Crippen LogP contribution in [-0.4, -0.2) is 25.4 Å². The third kappa shape index (κ3) is 3.41. The molecule has 0 aliphatic heterocycles. The van der Waals surface area contributed by atoms with E-state index in [4.69, 9.17) is 9.47 Å². The average Bonchev–Trinajstić information content (AvgIpc) is 3.01. The fourth-order valence-electron chi connectivity index (χ4n) is 8.14. The first-order valence-electron chi connectivity index (χ1n) is 12.3. The van der Waals surface area contributed by atoms with Gasteiger partial charge in [-0.1, -0.05) is 27.7 Å². The van der Waals surface area contributed by atoms with Crippen LogP contribution in [0.15, 0.2) is 0 Å². The minimum Gasteiger partial charge on any atom is -0.378 e. The van der Waals surface area contributed by atoms with Crippen molar-refractivity contribution < 1.29 is 9.47 Å². The fourth-order valence-corrected chi connectivity index (χ4v) is 8.14. The molecule has 8 atom stereocenters. The van der Waals surface area contributed by atoms with Crippen LogP contribution in [0.5, 0.6) is 0 Å². The van der Waals surface area contributed by atoms with E-state index in [0.717, 1.165) is 49.7 Å². The lowest BCUT2D eigenvalue weighted by Gasteiger charge is -2.61. The summed E-state index contributed by atoms with van der Waals surface area (Å²) in [6, 6.07) is 0. The summed E-state index contributed by atoms with van der Waals surface area (Å²) >= 11 is 0. The summed E-state index contributed by atoms with van der Waals surface area (Å²) in [5.41, 5.74) is 1.04. The highest BCUT2D eigenvalue weighted by molar-refractivity contribution is 5.09. The van der Waals surface area contributed by atoms with Crippen molar-refractivity contribution >= 4 is 0 Å². The molecule has 0 amide bonds. The molecule has 0 heterocycles. The Kier molecular flexibility index (Phi) is 5.97. The van der Waals surface area contributed by atoms with Crippen LogP contribution in [0.2, 0.25) is 0 Å². The molecule has 0 saturated heterocycles. The molecule has 4 saturated carbocycles.